The Balaban J connectivity index is 1.38. The molecule has 4 unspecified atom stereocenters. The number of rotatable bonds is 8. The number of hydrogen-bond donors (Lipinski definition) is 1. The predicted octanol–water partition coefficient (Wildman–Crippen LogP) is 2.95. The molecule has 3 fully saturated rings. The van der Waals surface area contributed by atoms with Gasteiger partial charge in [0.2, 0.25) is 15.9 Å². The zero-order chi connectivity index (χ0) is 28.3. The molecule has 40 heavy (non-hydrogen) atoms. The van der Waals surface area contributed by atoms with Crippen molar-refractivity contribution in [2.45, 2.75) is 68.3 Å². The Morgan fingerprint density at radius 1 is 1.12 bits per heavy atom. The van der Waals surface area contributed by atoms with Gasteiger partial charge in [-0.25, -0.2) is 32.9 Å². The van der Waals surface area contributed by atoms with Gasteiger partial charge >= 0.3 is 6.09 Å². The summed E-state index contributed by atoms with van der Waals surface area (Å²) in [4.78, 5) is 37.1. The van der Waals surface area contributed by atoms with Crippen LogP contribution < -0.4 is 10.2 Å². The first-order valence-electron chi connectivity index (χ1n) is 13.2. The van der Waals surface area contributed by atoms with Crippen molar-refractivity contribution in [3.63, 3.8) is 0 Å². The van der Waals surface area contributed by atoms with Crippen molar-refractivity contribution in [3.05, 3.63) is 48.4 Å². The number of nitrogens with zero attached hydrogens (tertiary/aromatic N) is 3. The maximum absolute atomic E-state index is 13.9. The predicted molar refractivity (Wildman–Crippen MR) is 137 cm³/mol. The summed E-state index contributed by atoms with van der Waals surface area (Å²) in [6.45, 7) is 2.22. The van der Waals surface area contributed by atoms with Gasteiger partial charge in [0.1, 0.15) is 22.5 Å². The summed E-state index contributed by atoms with van der Waals surface area (Å²) in [5.74, 6) is -0.696. The Kier molecular flexibility index (Phi) is 8.49. The Labute approximate surface area is 231 Å². The Morgan fingerprint density at radius 2 is 1.93 bits per heavy atom. The minimum atomic E-state index is -4.24. The van der Waals surface area contributed by atoms with Crippen LogP contribution in [0.2, 0.25) is 0 Å². The van der Waals surface area contributed by atoms with E-state index in [1.54, 1.807) is 6.92 Å². The van der Waals surface area contributed by atoms with Crippen molar-refractivity contribution in [2.24, 2.45) is 0 Å². The Morgan fingerprint density at radius 3 is 2.60 bits per heavy atom. The molecule has 0 spiro atoms. The smallest absolute Gasteiger partial charge is 0.410 e. The second kappa shape index (κ2) is 12.0. The number of hydroxylamine groups is 1. The van der Waals surface area contributed by atoms with E-state index >= 15 is 0 Å². The molecule has 2 amide bonds. The van der Waals surface area contributed by atoms with Crippen molar-refractivity contribution in [3.8, 4) is 11.6 Å². The monoisotopic (exact) mass is 578 g/mol. The maximum Gasteiger partial charge on any atom is 0.410 e. The minimum absolute atomic E-state index is 0.105. The highest BCUT2D eigenvalue weighted by Gasteiger charge is 2.55. The Hall–Kier alpha value is -3.33. The lowest BCUT2D eigenvalue weighted by atomic mass is 10.1. The number of piperazine rings is 1. The lowest BCUT2D eigenvalue weighted by Gasteiger charge is -2.44. The van der Waals surface area contributed by atoms with Crippen LogP contribution in [-0.4, -0.2) is 78.8 Å². The van der Waals surface area contributed by atoms with Crippen LogP contribution in [0.3, 0.4) is 0 Å². The number of hydrogen-bond acceptors (Lipinski definition) is 9. The molecule has 1 aromatic carbocycles. The molecule has 1 aromatic heterocycles. The number of benzene rings is 1. The van der Waals surface area contributed by atoms with Gasteiger partial charge in [0, 0.05) is 31.7 Å². The van der Waals surface area contributed by atoms with E-state index in [0.29, 0.717) is 31.6 Å². The average Bonchev–Trinajstić information content (AvgIpc) is 3.27. The summed E-state index contributed by atoms with van der Waals surface area (Å²) < 4.78 is 58.3. The minimum Gasteiger partial charge on any atom is -0.450 e. The van der Waals surface area contributed by atoms with Gasteiger partial charge in [-0.1, -0.05) is 0 Å². The second-order valence-corrected chi connectivity index (χ2v) is 11.6. The van der Waals surface area contributed by atoms with Crippen molar-refractivity contribution in [1.29, 1.82) is 0 Å². The van der Waals surface area contributed by atoms with Gasteiger partial charge in [0.25, 0.3) is 5.91 Å². The van der Waals surface area contributed by atoms with Gasteiger partial charge in [-0.3, -0.25) is 9.69 Å². The number of aromatic nitrogens is 1. The van der Waals surface area contributed by atoms with Crippen LogP contribution in [0.25, 0.3) is 0 Å². The van der Waals surface area contributed by atoms with Crippen molar-refractivity contribution in [1.82, 2.24) is 19.7 Å². The van der Waals surface area contributed by atoms with Crippen molar-refractivity contribution in [2.75, 3.05) is 19.8 Å². The summed E-state index contributed by atoms with van der Waals surface area (Å²) >= 11 is 0. The first-order valence-corrected chi connectivity index (χ1v) is 14.7. The van der Waals surface area contributed by atoms with E-state index in [-0.39, 0.29) is 23.9 Å². The standard InChI is InChI=1S/C26H31FN4O8S/c1-2-36-26(33)31-18-8-12-21(31)24(25(32)29-39-23-5-3-4-14-37-23)30(16-18)40(34,35)20-11-13-22(28-15-20)38-19-9-6-17(27)7-10-19/h6-7,9-11,13,15,18,21,23-24H,2-5,8,12,14,16H2,1H3,(H,29,32). The van der Waals surface area contributed by atoms with Gasteiger partial charge in [0.05, 0.1) is 18.8 Å². The fourth-order valence-electron chi connectivity index (χ4n) is 5.28. The van der Waals surface area contributed by atoms with Gasteiger partial charge in [-0.05, 0) is 62.9 Å². The fourth-order valence-corrected chi connectivity index (χ4v) is 6.88. The van der Waals surface area contributed by atoms with Crippen LogP contribution in [0, 0.1) is 5.82 Å². The normalized spacial score (nSPS) is 24.9. The molecule has 4 atom stereocenters. The van der Waals surface area contributed by atoms with Crippen LogP contribution >= 0.6 is 0 Å². The van der Waals surface area contributed by atoms with E-state index < -0.39 is 52.3 Å². The molecule has 216 valence electrons. The number of sulfonamides is 1. The largest absolute Gasteiger partial charge is 0.450 e. The van der Waals surface area contributed by atoms with Crippen molar-refractivity contribution < 1.29 is 41.4 Å². The topological polar surface area (TPSA) is 137 Å². The number of carbonyl (C=O) groups excluding carboxylic acids is 2. The molecule has 3 saturated heterocycles. The third-order valence-corrected chi connectivity index (χ3v) is 8.97. The van der Waals surface area contributed by atoms with Gasteiger partial charge in [-0.2, -0.15) is 4.31 Å². The highest BCUT2D eigenvalue weighted by atomic mass is 32.2. The average molecular weight is 579 g/mol. The molecule has 1 N–H and O–H groups in total. The van der Waals surface area contributed by atoms with Crippen LogP contribution in [-0.2, 0) is 29.1 Å². The number of amides is 2. The number of halogens is 1. The van der Waals surface area contributed by atoms with Crippen molar-refractivity contribution >= 4 is 22.0 Å². The molecule has 0 radical (unpaired) electrons. The van der Waals surface area contributed by atoms with Crippen LogP contribution in [0.1, 0.15) is 39.0 Å². The number of pyridine rings is 1. The molecule has 3 aliphatic heterocycles. The third kappa shape index (κ3) is 5.89. The van der Waals surface area contributed by atoms with E-state index in [4.69, 9.17) is 19.0 Å². The SMILES string of the molecule is CCOC(=O)N1C2CCC1C(C(=O)NOC1CCCCO1)N(S(=O)(=O)c1ccc(Oc3ccc(F)cc3)nc1)C2. The number of carbonyl (C=O) groups is 2. The summed E-state index contributed by atoms with van der Waals surface area (Å²) in [6.07, 6.45) is 3.18. The van der Waals surface area contributed by atoms with Crippen LogP contribution in [0.15, 0.2) is 47.5 Å². The maximum atomic E-state index is 13.9. The molecule has 0 saturated carbocycles. The highest BCUT2D eigenvalue weighted by molar-refractivity contribution is 7.89. The molecule has 5 rings (SSSR count). The van der Waals surface area contributed by atoms with E-state index in [1.807, 2.05) is 0 Å². The molecule has 2 aromatic rings. The lowest BCUT2D eigenvalue weighted by molar-refractivity contribution is -0.203. The Bertz CT molecular complexity index is 1300. The molecular formula is C26H31FN4O8S. The van der Waals surface area contributed by atoms with Crippen LogP contribution in [0.4, 0.5) is 9.18 Å². The van der Waals surface area contributed by atoms with Crippen LogP contribution in [0.5, 0.6) is 11.6 Å². The highest BCUT2D eigenvalue weighted by Crippen LogP contribution is 2.38. The molecule has 2 bridgehead atoms. The summed E-state index contributed by atoms with van der Waals surface area (Å²) in [5, 5.41) is 0. The first kappa shape index (κ1) is 28.2. The third-order valence-electron chi connectivity index (χ3n) is 7.14. The van der Waals surface area contributed by atoms with E-state index in [0.717, 1.165) is 23.3 Å². The fraction of sp³-hybridized carbons (Fsp3) is 0.500. The number of ether oxygens (including phenoxy) is 3. The zero-order valence-corrected chi connectivity index (χ0v) is 22.7. The van der Waals surface area contributed by atoms with Gasteiger partial charge < -0.3 is 14.2 Å². The second-order valence-electron chi connectivity index (χ2n) is 9.69. The molecule has 12 nitrogen and oxygen atoms in total. The molecule has 3 aliphatic rings. The summed E-state index contributed by atoms with van der Waals surface area (Å²) in [5.41, 5.74) is 2.38. The molecule has 0 aliphatic carbocycles. The molecule has 4 heterocycles. The van der Waals surface area contributed by atoms with E-state index in [1.165, 1.54) is 41.3 Å². The van der Waals surface area contributed by atoms with Gasteiger partial charge in [0.15, 0.2) is 6.29 Å². The van der Waals surface area contributed by atoms with E-state index in [9.17, 15) is 22.4 Å². The molecule has 14 heteroatoms. The summed E-state index contributed by atoms with van der Waals surface area (Å²) in [6, 6.07) is 5.51. The van der Waals surface area contributed by atoms with E-state index in [2.05, 4.69) is 10.5 Å². The number of fused-ring (bicyclic) bond motifs is 2. The quantitative estimate of drug-likeness (QED) is 0.469. The summed E-state index contributed by atoms with van der Waals surface area (Å²) in [7, 11) is -4.24. The first-order chi connectivity index (χ1) is 19.3. The number of nitrogens with one attached hydrogen (secondary N) is 1. The zero-order valence-electron chi connectivity index (χ0n) is 21.9. The van der Waals surface area contributed by atoms with Gasteiger partial charge in [-0.15, -0.1) is 0 Å². The molecular weight excluding hydrogens is 547 g/mol. The lowest BCUT2D eigenvalue weighted by Crippen LogP contribution is -2.66.